The molecule has 0 bridgehead atoms. The highest BCUT2D eigenvalue weighted by Crippen LogP contribution is 2.40. The number of rotatable bonds is 7. The molecule has 0 radical (unpaired) electrons. The molecule has 6 aromatic rings. The molecule has 0 aliphatic heterocycles. The van der Waals surface area contributed by atoms with E-state index in [1.807, 2.05) is 24.3 Å². The van der Waals surface area contributed by atoms with E-state index in [0.29, 0.717) is 51.5 Å². The van der Waals surface area contributed by atoms with Gasteiger partial charge in [0.1, 0.15) is 40.3 Å². The number of nitrogen functional groups attached to an aromatic ring is 2. The molecule has 5 aromatic carbocycles. The summed E-state index contributed by atoms with van der Waals surface area (Å²) in [5, 5.41) is 19.7. The molecule has 0 amide bonds. The summed E-state index contributed by atoms with van der Waals surface area (Å²) >= 11 is 0. The molecule has 8 nitrogen and oxygen atoms in total. The predicted molar refractivity (Wildman–Crippen MR) is 160 cm³/mol. The largest absolute Gasteiger partial charge is 0.508 e. The minimum absolute atomic E-state index is 0.159. The van der Waals surface area contributed by atoms with Gasteiger partial charge in [-0.3, -0.25) is 0 Å². The van der Waals surface area contributed by atoms with Crippen molar-refractivity contribution in [3.63, 3.8) is 0 Å². The number of aromatic amines is 1. The number of phenols is 2. The Hall–Kier alpha value is -5.89. The second-order valence-electron chi connectivity index (χ2n) is 9.40. The van der Waals surface area contributed by atoms with Crippen LogP contribution in [0.5, 0.6) is 34.5 Å². The van der Waals surface area contributed by atoms with Gasteiger partial charge in [0.05, 0.1) is 17.0 Å². The SMILES string of the molecule is Nc1ccc(Oc2ccc(-c3nc(-c4ccc(O)cc4)c(-c4ccc(O)cc4)[nH]3)c(Oc3ccc(N)cc3)c2)cc1. The van der Waals surface area contributed by atoms with Gasteiger partial charge in [-0.15, -0.1) is 0 Å². The standard InChI is InChI=1S/C33H26N4O4/c34-22-5-13-26(14-6-22)40-28-17-18-29(30(19-28)41-27-15-7-23(35)8-16-27)33-36-31(20-1-9-24(38)10-2-20)32(37-33)21-3-11-25(39)12-4-21/h1-19,38-39H,34-35H2,(H,36,37). The van der Waals surface area contributed by atoms with Crippen molar-refractivity contribution in [3.05, 3.63) is 115 Å². The van der Waals surface area contributed by atoms with Crippen molar-refractivity contribution in [2.75, 3.05) is 11.5 Å². The lowest BCUT2D eigenvalue weighted by Gasteiger charge is -2.13. The highest BCUT2D eigenvalue weighted by atomic mass is 16.5. The quantitative estimate of drug-likeness (QED) is 0.131. The third kappa shape index (κ3) is 5.62. The molecule has 0 unspecified atom stereocenters. The number of nitrogens with zero attached hydrogens (tertiary/aromatic N) is 1. The third-order valence-corrected chi connectivity index (χ3v) is 6.43. The van der Waals surface area contributed by atoms with Gasteiger partial charge in [-0.1, -0.05) is 0 Å². The van der Waals surface area contributed by atoms with Gasteiger partial charge in [-0.25, -0.2) is 4.98 Å². The average Bonchev–Trinajstić information content (AvgIpc) is 3.42. The maximum absolute atomic E-state index is 9.85. The van der Waals surface area contributed by atoms with Crippen LogP contribution in [-0.2, 0) is 0 Å². The molecule has 1 heterocycles. The normalized spacial score (nSPS) is 10.8. The van der Waals surface area contributed by atoms with Crippen molar-refractivity contribution in [1.82, 2.24) is 9.97 Å². The summed E-state index contributed by atoms with van der Waals surface area (Å²) in [4.78, 5) is 8.41. The molecule has 0 atom stereocenters. The topological polar surface area (TPSA) is 140 Å². The van der Waals surface area contributed by atoms with E-state index in [9.17, 15) is 10.2 Å². The van der Waals surface area contributed by atoms with Gasteiger partial charge in [0.2, 0.25) is 0 Å². The van der Waals surface area contributed by atoms with E-state index in [-0.39, 0.29) is 11.5 Å². The van der Waals surface area contributed by atoms with Gasteiger partial charge in [0.25, 0.3) is 0 Å². The van der Waals surface area contributed by atoms with Crippen LogP contribution in [0.1, 0.15) is 0 Å². The van der Waals surface area contributed by atoms with Crippen molar-refractivity contribution in [2.24, 2.45) is 0 Å². The molecule has 1 aromatic heterocycles. The fraction of sp³-hybridized carbons (Fsp3) is 0. The number of aromatic nitrogens is 2. The Morgan fingerprint density at radius 1 is 0.561 bits per heavy atom. The van der Waals surface area contributed by atoms with Crippen molar-refractivity contribution in [2.45, 2.75) is 0 Å². The first-order valence-electron chi connectivity index (χ1n) is 12.8. The second-order valence-corrected chi connectivity index (χ2v) is 9.40. The molecule has 0 aliphatic carbocycles. The zero-order chi connectivity index (χ0) is 28.3. The predicted octanol–water partition coefficient (Wildman–Crippen LogP) is 7.57. The summed E-state index contributed by atoms with van der Waals surface area (Å²) in [5.74, 6) is 3.17. The molecular formula is C33H26N4O4. The highest BCUT2D eigenvalue weighted by molar-refractivity contribution is 5.82. The lowest BCUT2D eigenvalue weighted by molar-refractivity contribution is 0.461. The number of nitrogens with one attached hydrogen (secondary N) is 1. The van der Waals surface area contributed by atoms with Crippen molar-refractivity contribution < 1.29 is 19.7 Å². The van der Waals surface area contributed by atoms with E-state index in [4.69, 9.17) is 25.9 Å². The smallest absolute Gasteiger partial charge is 0.142 e. The Morgan fingerprint density at radius 2 is 1.07 bits per heavy atom. The van der Waals surface area contributed by atoms with Crippen LogP contribution in [-0.4, -0.2) is 20.2 Å². The van der Waals surface area contributed by atoms with E-state index in [1.54, 1.807) is 91.0 Å². The number of aromatic hydroxyl groups is 2. The summed E-state index contributed by atoms with van der Waals surface area (Å²) in [5.41, 5.74) is 16.7. The fourth-order valence-electron chi connectivity index (χ4n) is 4.35. The van der Waals surface area contributed by atoms with E-state index >= 15 is 0 Å². The van der Waals surface area contributed by atoms with Crippen LogP contribution in [0.4, 0.5) is 11.4 Å². The number of anilines is 2. The first-order chi connectivity index (χ1) is 19.9. The number of benzene rings is 5. The van der Waals surface area contributed by atoms with Crippen molar-refractivity contribution in [3.8, 4) is 68.4 Å². The molecule has 7 N–H and O–H groups in total. The molecule has 8 heteroatoms. The highest BCUT2D eigenvalue weighted by Gasteiger charge is 2.19. The lowest BCUT2D eigenvalue weighted by atomic mass is 10.0. The van der Waals surface area contributed by atoms with Gasteiger partial charge in [0.15, 0.2) is 0 Å². The monoisotopic (exact) mass is 542 g/mol. The zero-order valence-corrected chi connectivity index (χ0v) is 21.8. The summed E-state index contributed by atoms with van der Waals surface area (Å²) in [6.07, 6.45) is 0. The van der Waals surface area contributed by atoms with Crippen LogP contribution in [0.2, 0.25) is 0 Å². The number of imidazole rings is 1. The maximum Gasteiger partial charge on any atom is 0.142 e. The lowest BCUT2D eigenvalue weighted by Crippen LogP contribution is -1.93. The fourth-order valence-corrected chi connectivity index (χ4v) is 4.35. The molecule has 0 aliphatic rings. The number of H-pyrrole nitrogens is 1. The van der Waals surface area contributed by atoms with E-state index in [2.05, 4.69) is 4.98 Å². The zero-order valence-electron chi connectivity index (χ0n) is 21.8. The van der Waals surface area contributed by atoms with Crippen LogP contribution in [0.3, 0.4) is 0 Å². The van der Waals surface area contributed by atoms with Crippen LogP contribution < -0.4 is 20.9 Å². The second kappa shape index (κ2) is 10.7. The minimum Gasteiger partial charge on any atom is -0.508 e. The average molecular weight is 543 g/mol. The third-order valence-electron chi connectivity index (χ3n) is 6.43. The van der Waals surface area contributed by atoms with Crippen molar-refractivity contribution in [1.29, 1.82) is 0 Å². The number of nitrogens with two attached hydrogens (primary N) is 2. The van der Waals surface area contributed by atoms with Gasteiger partial charge in [-0.2, -0.15) is 0 Å². The Morgan fingerprint density at radius 3 is 1.66 bits per heavy atom. The van der Waals surface area contributed by atoms with Gasteiger partial charge >= 0.3 is 0 Å². The maximum atomic E-state index is 9.85. The van der Waals surface area contributed by atoms with Crippen LogP contribution >= 0.6 is 0 Å². The number of ether oxygens (including phenoxy) is 2. The van der Waals surface area contributed by atoms with Crippen LogP contribution in [0.15, 0.2) is 115 Å². The Bertz CT molecular complexity index is 1730. The molecule has 0 fully saturated rings. The van der Waals surface area contributed by atoms with E-state index < -0.39 is 0 Å². The Kier molecular flexibility index (Phi) is 6.63. The van der Waals surface area contributed by atoms with Crippen LogP contribution in [0.25, 0.3) is 33.9 Å². The number of hydrogen-bond acceptors (Lipinski definition) is 7. The van der Waals surface area contributed by atoms with Crippen molar-refractivity contribution >= 4 is 11.4 Å². The first kappa shape index (κ1) is 25.4. The Balaban J connectivity index is 1.46. The van der Waals surface area contributed by atoms with E-state index in [1.165, 1.54) is 0 Å². The van der Waals surface area contributed by atoms with Gasteiger partial charge < -0.3 is 36.1 Å². The van der Waals surface area contributed by atoms with Gasteiger partial charge in [0, 0.05) is 28.6 Å². The molecule has 202 valence electrons. The van der Waals surface area contributed by atoms with E-state index in [0.717, 1.165) is 16.8 Å². The first-order valence-corrected chi connectivity index (χ1v) is 12.8. The van der Waals surface area contributed by atoms with Crippen LogP contribution in [0, 0.1) is 0 Å². The Labute approximate surface area is 236 Å². The summed E-state index contributed by atoms with van der Waals surface area (Å²) in [6.45, 7) is 0. The molecular weight excluding hydrogens is 516 g/mol. The molecule has 0 saturated heterocycles. The molecule has 41 heavy (non-hydrogen) atoms. The summed E-state index contributed by atoms with van der Waals surface area (Å²) in [7, 11) is 0. The number of phenolic OH excluding ortho intramolecular Hbond substituents is 2. The molecule has 6 rings (SSSR count). The summed E-state index contributed by atoms with van der Waals surface area (Å²) < 4.78 is 12.4. The number of hydrogen-bond donors (Lipinski definition) is 5. The molecule has 0 spiro atoms. The molecule has 0 saturated carbocycles. The minimum atomic E-state index is 0.159. The summed E-state index contributed by atoms with van der Waals surface area (Å²) in [6, 6.07) is 33.4. The van der Waals surface area contributed by atoms with Gasteiger partial charge in [-0.05, 0) is 109 Å².